The number of aromatic nitrogens is 1. The Labute approximate surface area is 212 Å². The lowest BCUT2D eigenvalue weighted by Gasteiger charge is -2.21. The molecule has 0 aliphatic rings. The third-order valence-electron chi connectivity index (χ3n) is 4.92. The second-order valence-electron chi connectivity index (χ2n) is 7.77. The number of rotatable bonds is 13. The molecule has 1 aromatic heterocycles. The number of nitrogens with two attached hydrogens (primary N) is 1. The van der Waals surface area contributed by atoms with Crippen molar-refractivity contribution >= 4 is 27.7 Å². The predicted molar refractivity (Wildman–Crippen MR) is 126 cm³/mol. The summed E-state index contributed by atoms with van der Waals surface area (Å²) in [7, 11) is -2.75. The summed E-state index contributed by atoms with van der Waals surface area (Å²) in [5, 5.41) is 4.53. The van der Waals surface area contributed by atoms with Crippen LogP contribution in [-0.2, 0) is 25.9 Å². The Bertz CT molecular complexity index is 1150. The molecule has 2 aromatic rings. The number of halogens is 4. The van der Waals surface area contributed by atoms with E-state index in [1.807, 2.05) is 6.92 Å². The highest BCUT2D eigenvalue weighted by atomic mass is 35.5. The second kappa shape index (κ2) is 13.1. The summed E-state index contributed by atoms with van der Waals surface area (Å²) in [6.45, 7) is 2.46. The Morgan fingerprint density at radius 2 is 1.97 bits per heavy atom. The molecule has 0 saturated carbocycles. The van der Waals surface area contributed by atoms with Gasteiger partial charge in [-0.05, 0) is 30.0 Å². The lowest BCUT2D eigenvalue weighted by Crippen LogP contribution is -2.36. The smallest absolute Gasteiger partial charge is 0.417 e. The van der Waals surface area contributed by atoms with Gasteiger partial charge in [-0.1, -0.05) is 37.4 Å². The van der Waals surface area contributed by atoms with Gasteiger partial charge in [0.25, 0.3) is 10.2 Å². The zero-order valence-corrected chi connectivity index (χ0v) is 21.2. The SMILES string of the molecule is CCCCC(CC(=O)NS(N)(=O)=O)c1ccc(OCCOC)cc1Oc1ncc(C(F)(F)F)cc1Cl. The van der Waals surface area contributed by atoms with Crippen molar-refractivity contribution in [3.05, 3.63) is 46.6 Å². The fourth-order valence-electron chi connectivity index (χ4n) is 3.27. The molecule has 2 rings (SSSR count). The monoisotopic (exact) mass is 553 g/mol. The van der Waals surface area contributed by atoms with Crippen molar-refractivity contribution in [2.24, 2.45) is 5.14 Å². The summed E-state index contributed by atoms with van der Waals surface area (Å²) in [6.07, 6.45) is -2.34. The van der Waals surface area contributed by atoms with Gasteiger partial charge in [-0.25, -0.2) is 14.8 Å². The highest BCUT2D eigenvalue weighted by Gasteiger charge is 2.32. The number of hydrogen-bond acceptors (Lipinski definition) is 7. The van der Waals surface area contributed by atoms with Crippen LogP contribution < -0.4 is 19.3 Å². The van der Waals surface area contributed by atoms with Crippen molar-refractivity contribution in [2.75, 3.05) is 20.3 Å². The Morgan fingerprint density at radius 1 is 1.25 bits per heavy atom. The first-order valence-corrected chi connectivity index (χ1v) is 12.8. The maximum Gasteiger partial charge on any atom is 0.417 e. The van der Waals surface area contributed by atoms with Crippen molar-refractivity contribution in [3.8, 4) is 17.4 Å². The second-order valence-corrected chi connectivity index (χ2v) is 9.47. The van der Waals surface area contributed by atoms with E-state index in [9.17, 15) is 26.4 Å². The molecule has 1 aromatic carbocycles. The zero-order chi connectivity index (χ0) is 26.9. The minimum absolute atomic E-state index is 0.128. The minimum atomic E-state index is -4.64. The number of benzene rings is 1. The van der Waals surface area contributed by atoms with Crippen LogP contribution in [0.25, 0.3) is 0 Å². The largest absolute Gasteiger partial charge is 0.491 e. The number of carbonyl (C=O) groups is 1. The van der Waals surface area contributed by atoms with Crippen LogP contribution in [0.5, 0.6) is 17.4 Å². The quantitative estimate of drug-likeness (QED) is 0.348. The van der Waals surface area contributed by atoms with Crippen LogP contribution >= 0.6 is 11.6 Å². The van der Waals surface area contributed by atoms with E-state index >= 15 is 0 Å². The Morgan fingerprint density at radius 3 is 2.56 bits per heavy atom. The van der Waals surface area contributed by atoms with Gasteiger partial charge >= 0.3 is 6.18 Å². The number of amides is 1. The first kappa shape index (κ1) is 29.6. The summed E-state index contributed by atoms with van der Waals surface area (Å²) < 4.78 is 79.6. The third-order valence-corrected chi connectivity index (χ3v) is 5.70. The Kier molecular flexibility index (Phi) is 10.8. The van der Waals surface area contributed by atoms with E-state index in [-0.39, 0.29) is 29.7 Å². The van der Waals surface area contributed by atoms with Gasteiger partial charge < -0.3 is 14.2 Å². The number of pyridine rings is 1. The first-order chi connectivity index (χ1) is 16.8. The topological polar surface area (TPSA) is 130 Å². The van der Waals surface area contributed by atoms with Gasteiger partial charge in [0, 0.05) is 25.8 Å². The minimum Gasteiger partial charge on any atom is -0.491 e. The lowest BCUT2D eigenvalue weighted by atomic mass is 9.89. The molecule has 14 heteroatoms. The molecule has 0 spiro atoms. The van der Waals surface area contributed by atoms with Crippen molar-refractivity contribution in [2.45, 2.75) is 44.7 Å². The number of nitrogens with one attached hydrogen (secondary N) is 1. The highest BCUT2D eigenvalue weighted by molar-refractivity contribution is 7.87. The van der Waals surface area contributed by atoms with Crippen molar-refractivity contribution in [1.29, 1.82) is 0 Å². The molecule has 1 atom stereocenters. The molecule has 0 saturated heterocycles. The Hall–Kier alpha value is -2.61. The van der Waals surface area contributed by atoms with Gasteiger partial charge in [0.15, 0.2) is 0 Å². The molecule has 9 nitrogen and oxygen atoms in total. The van der Waals surface area contributed by atoms with Crippen LogP contribution in [0.4, 0.5) is 13.2 Å². The molecule has 0 aliphatic carbocycles. The van der Waals surface area contributed by atoms with E-state index in [1.54, 1.807) is 16.9 Å². The van der Waals surface area contributed by atoms with Crippen LogP contribution in [0.15, 0.2) is 30.5 Å². The summed E-state index contributed by atoms with van der Waals surface area (Å²) in [5.74, 6) is -1.15. The van der Waals surface area contributed by atoms with Gasteiger partial charge in [0.05, 0.1) is 12.2 Å². The van der Waals surface area contributed by atoms with Crippen LogP contribution in [0.3, 0.4) is 0 Å². The van der Waals surface area contributed by atoms with E-state index in [2.05, 4.69) is 4.98 Å². The molecule has 1 unspecified atom stereocenters. The van der Waals surface area contributed by atoms with E-state index in [0.717, 1.165) is 6.42 Å². The van der Waals surface area contributed by atoms with Crippen molar-refractivity contribution in [3.63, 3.8) is 0 Å². The summed E-state index contributed by atoms with van der Waals surface area (Å²) in [4.78, 5) is 16.0. The normalized spacial score (nSPS) is 12.8. The van der Waals surface area contributed by atoms with Gasteiger partial charge in [0.1, 0.15) is 23.1 Å². The van der Waals surface area contributed by atoms with E-state index in [1.165, 1.54) is 13.2 Å². The molecular formula is C22H27ClF3N3O6S. The van der Waals surface area contributed by atoms with Crippen LogP contribution in [0, 0.1) is 0 Å². The average Bonchev–Trinajstić information content (AvgIpc) is 2.76. The number of unbranched alkanes of at least 4 members (excludes halogenated alkanes) is 1. The van der Waals surface area contributed by atoms with Crippen LogP contribution in [0.1, 0.15) is 49.7 Å². The summed E-state index contributed by atoms with van der Waals surface area (Å²) in [5.41, 5.74) is -0.568. The molecule has 3 N–H and O–H groups in total. The number of carbonyl (C=O) groups excluding carboxylic acids is 1. The molecule has 200 valence electrons. The summed E-state index contributed by atoms with van der Waals surface area (Å²) >= 11 is 6.02. The number of nitrogens with zero attached hydrogens (tertiary/aromatic N) is 1. The number of methoxy groups -OCH3 is 1. The predicted octanol–water partition coefficient (Wildman–Crippen LogP) is 4.55. The maximum absolute atomic E-state index is 13.0. The molecule has 36 heavy (non-hydrogen) atoms. The van der Waals surface area contributed by atoms with Crippen LogP contribution in [-0.4, -0.2) is 39.6 Å². The van der Waals surface area contributed by atoms with Crippen molar-refractivity contribution < 1.29 is 40.6 Å². The van der Waals surface area contributed by atoms with Gasteiger partial charge in [-0.3, -0.25) is 4.79 Å². The van der Waals surface area contributed by atoms with Crippen LogP contribution in [0.2, 0.25) is 5.02 Å². The standard InChI is InChI=1S/C22H27ClF3N3O6S/c1-3-4-5-14(10-20(30)29-36(27,31)32)17-7-6-16(34-9-8-33-2)12-19(17)35-21-18(23)11-15(13-28-21)22(24,25)26/h6-7,11-14H,3-5,8-10H2,1-2H3,(H,29,30)(H2,27,31,32). The van der Waals surface area contributed by atoms with E-state index in [0.29, 0.717) is 43.0 Å². The van der Waals surface area contributed by atoms with Crippen molar-refractivity contribution in [1.82, 2.24) is 9.71 Å². The molecule has 0 radical (unpaired) electrons. The Balaban J connectivity index is 2.47. The molecule has 0 aliphatic heterocycles. The maximum atomic E-state index is 13.0. The van der Waals surface area contributed by atoms with E-state index < -0.39 is 33.8 Å². The summed E-state index contributed by atoms with van der Waals surface area (Å²) in [6, 6.07) is 5.42. The number of alkyl halides is 3. The zero-order valence-electron chi connectivity index (χ0n) is 19.6. The van der Waals surface area contributed by atoms with E-state index in [4.69, 9.17) is 31.0 Å². The first-order valence-electron chi connectivity index (χ1n) is 10.8. The molecule has 1 amide bonds. The lowest BCUT2D eigenvalue weighted by molar-refractivity contribution is -0.137. The molecule has 1 heterocycles. The molecule has 0 bridgehead atoms. The number of ether oxygens (including phenoxy) is 3. The van der Waals surface area contributed by atoms with Gasteiger partial charge in [-0.15, -0.1) is 0 Å². The van der Waals surface area contributed by atoms with Gasteiger partial charge in [0.2, 0.25) is 11.8 Å². The fourth-order valence-corrected chi connectivity index (χ4v) is 3.88. The highest BCUT2D eigenvalue weighted by Crippen LogP contribution is 2.40. The number of hydrogen-bond donors (Lipinski definition) is 2. The average molecular weight is 554 g/mol. The molecular weight excluding hydrogens is 527 g/mol. The van der Waals surface area contributed by atoms with Gasteiger partial charge in [-0.2, -0.15) is 21.6 Å². The fraction of sp³-hybridized carbons (Fsp3) is 0.455. The third kappa shape index (κ3) is 9.45. The molecule has 0 fully saturated rings.